The number of nitrogens with one attached hydrogen (secondary N) is 1. The standard InChI is InChI=1S/C11H9Cl3N4/c1-18-6-7(5-16-18)4-15-17-11-9(13)2-8(12)3-10(11)14/h2-6,17H,1H3/b15-4+. The van der Waals surface area contributed by atoms with Crippen molar-refractivity contribution in [2.24, 2.45) is 12.1 Å². The maximum absolute atomic E-state index is 6.00. The van der Waals surface area contributed by atoms with Gasteiger partial charge in [0.2, 0.25) is 0 Å². The third kappa shape index (κ3) is 3.16. The minimum Gasteiger partial charge on any atom is -0.275 e. The molecule has 0 amide bonds. The van der Waals surface area contributed by atoms with Crippen LogP contribution in [0.3, 0.4) is 0 Å². The molecule has 2 rings (SSSR count). The smallest absolute Gasteiger partial charge is 0.0935 e. The van der Waals surface area contributed by atoms with Gasteiger partial charge < -0.3 is 0 Å². The number of anilines is 1. The van der Waals surface area contributed by atoms with E-state index in [-0.39, 0.29) is 0 Å². The molecule has 94 valence electrons. The van der Waals surface area contributed by atoms with E-state index in [1.165, 1.54) is 0 Å². The SMILES string of the molecule is Cn1cc(/C=N/Nc2c(Cl)cc(Cl)cc2Cl)cn1. The summed E-state index contributed by atoms with van der Waals surface area (Å²) in [6, 6.07) is 3.19. The van der Waals surface area contributed by atoms with E-state index in [0.717, 1.165) is 5.56 Å². The molecular formula is C11H9Cl3N4. The number of hydrogen-bond acceptors (Lipinski definition) is 3. The van der Waals surface area contributed by atoms with Gasteiger partial charge in [0.15, 0.2) is 0 Å². The highest BCUT2D eigenvalue weighted by Crippen LogP contribution is 2.33. The molecule has 7 heteroatoms. The van der Waals surface area contributed by atoms with E-state index in [4.69, 9.17) is 34.8 Å². The van der Waals surface area contributed by atoms with Crippen molar-refractivity contribution >= 4 is 46.7 Å². The van der Waals surface area contributed by atoms with Crippen molar-refractivity contribution in [2.45, 2.75) is 0 Å². The zero-order valence-corrected chi connectivity index (χ0v) is 11.6. The third-order valence-corrected chi connectivity index (χ3v) is 2.94. The average molecular weight is 304 g/mol. The molecule has 4 nitrogen and oxygen atoms in total. The van der Waals surface area contributed by atoms with Gasteiger partial charge in [-0.2, -0.15) is 10.2 Å². The van der Waals surface area contributed by atoms with Crippen LogP contribution in [-0.4, -0.2) is 16.0 Å². The van der Waals surface area contributed by atoms with E-state index in [1.807, 2.05) is 13.2 Å². The zero-order valence-electron chi connectivity index (χ0n) is 9.36. The summed E-state index contributed by atoms with van der Waals surface area (Å²) in [5.74, 6) is 0. The Morgan fingerprint density at radius 3 is 2.50 bits per heavy atom. The van der Waals surface area contributed by atoms with Crippen LogP contribution in [0.4, 0.5) is 5.69 Å². The second-order valence-electron chi connectivity index (χ2n) is 3.56. The predicted octanol–water partition coefficient (Wildman–Crippen LogP) is 3.83. The van der Waals surface area contributed by atoms with E-state index in [9.17, 15) is 0 Å². The van der Waals surface area contributed by atoms with Crippen molar-refractivity contribution in [3.05, 3.63) is 45.2 Å². The third-order valence-electron chi connectivity index (χ3n) is 2.12. The molecule has 0 bridgehead atoms. The molecule has 1 N–H and O–H groups in total. The van der Waals surface area contributed by atoms with Gasteiger partial charge in [-0.3, -0.25) is 10.1 Å². The fraction of sp³-hybridized carbons (Fsp3) is 0.0909. The number of benzene rings is 1. The van der Waals surface area contributed by atoms with Crippen molar-refractivity contribution in [1.82, 2.24) is 9.78 Å². The van der Waals surface area contributed by atoms with Gasteiger partial charge in [-0.25, -0.2) is 0 Å². The second-order valence-corrected chi connectivity index (χ2v) is 4.81. The normalized spacial score (nSPS) is 11.1. The summed E-state index contributed by atoms with van der Waals surface area (Å²) >= 11 is 17.8. The van der Waals surface area contributed by atoms with Crippen LogP contribution in [0.15, 0.2) is 29.6 Å². The van der Waals surface area contributed by atoms with E-state index in [2.05, 4.69) is 15.6 Å². The first-order valence-corrected chi connectivity index (χ1v) is 6.12. The Morgan fingerprint density at radius 2 is 1.94 bits per heavy atom. The van der Waals surface area contributed by atoms with Gasteiger partial charge in [-0.1, -0.05) is 34.8 Å². The summed E-state index contributed by atoms with van der Waals surface area (Å²) < 4.78 is 1.68. The fourth-order valence-corrected chi connectivity index (χ4v) is 2.23. The highest BCUT2D eigenvalue weighted by molar-refractivity contribution is 6.41. The summed E-state index contributed by atoms with van der Waals surface area (Å²) in [6.07, 6.45) is 5.14. The number of aryl methyl sites for hydroxylation is 1. The average Bonchev–Trinajstić information content (AvgIpc) is 2.68. The second kappa shape index (κ2) is 5.61. The molecule has 0 aliphatic carbocycles. The van der Waals surface area contributed by atoms with E-state index >= 15 is 0 Å². The monoisotopic (exact) mass is 302 g/mol. The van der Waals surface area contributed by atoms with E-state index in [1.54, 1.807) is 29.2 Å². The van der Waals surface area contributed by atoms with Crippen LogP contribution in [0.5, 0.6) is 0 Å². The topological polar surface area (TPSA) is 42.2 Å². The van der Waals surface area contributed by atoms with Gasteiger partial charge in [0, 0.05) is 23.8 Å². The highest BCUT2D eigenvalue weighted by Gasteiger charge is 2.06. The van der Waals surface area contributed by atoms with Gasteiger partial charge in [-0.15, -0.1) is 0 Å². The highest BCUT2D eigenvalue weighted by atomic mass is 35.5. The first kappa shape index (κ1) is 13.2. The van der Waals surface area contributed by atoms with Crippen LogP contribution in [0.1, 0.15) is 5.56 Å². The molecule has 18 heavy (non-hydrogen) atoms. The number of hydrogen-bond donors (Lipinski definition) is 1. The number of nitrogens with zero attached hydrogens (tertiary/aromatic N) is 3. The molecule has 1 aromatic heterocycles. The first-order chi connectivity index (χ1) is 8.56. The molecule has 0 fully saturated rings. The molecule has 0 saturated heterocycles. The lowest BCUT2D eigenvalue weighted by Crippen LogP contribution is -1.92. The van der Waals surface area contributed by atoms with Gasteiger partial charge >= 0.3 is 0 Å². The quantitative estimate of drug-likeness (QED) is 0.692. The summed E-state index contributed by atoms with van der Waals surface area (Å²) in [6.45, 7) is 0. The maximum atomic E-state index is 6.00. The molecule has 1 heterocycles. The van der Waals surface area contributed by atoms with Crippen LogP contribution in [0.25, 0.3) is 0 Å². The Labute approximate surface area is 119 Å². The Morgan fingerprint density at radius 1 is 1.28 bits per heavy atom. The Balaban J connectivity index is 2.13. The minimum atomic E-state index is 0.413. The molecule has 0 aliphatic rings. The predicted molar refractivity (Wildman–Crippen MR) is 75.9 cm³/mol. The lowest BCUT2D eigenvalue weighted by atomic mass is 10.3. The summed E-state index contributed by atoms with van der Waals surface area (Å²) in [5.41, 5.74) is 4.16. The largest absolute Gasteiger partial charge is 0.275 e. The maximum Gasteiger partial charge on any atom is 0.0935 e. The van der Waals surface area contributed by atoms with Crippen molar-refractivity contribution in [3.8, 4) is 0 Å². The van der Waals surface area contributed by atoms with E-state index < -0.39 is 0 Å². The number of halogens is 3. The lowest BCUT2D eigenvalue weighted by molar-refractivity contribution is 0.767. The summed E-state index contributed by atoms with van der Waals surface area (Å²) in [4.78, 5) is 0. The Bertz CT molecular complexity index is 569. The van der Waals surface area contributed by atoms with Crippen LogP contribution in [0, 0.1) is 0 Å². The van der Waals surface area contributed by atoms with Crippen molar-refractivity contribution < 1.29 is 0 Å². The zero-order chi connectivity index (χ0) is 13.1. The minimum absolute atomic E-state index is 0.413. The van der Waals surface area contributed by atoms with Gasteiger partial charge in [0.25, 0.3) is 0 Å². The van der Waals surface area contributed by atoms with Gasteiger partial charge in [0.05, 0.1) is 28.1 Å². The number of rotatable bonds is 3. The lowest BCUT2D eigenvalue weighted by Gasteiger charge is -2.06. The van der Waals surface area contributed by atoms with Crippen LogP contribution in [-0.2, 0) is 7.05 Å². The molecular weight excluding hydrogens is 295 g/mol. The fourth-order valence-electron chi connectivity index (χ4n) is 1.33. The summed E-state index contributed by atoms with van der Waals surface area (Å²) in [5, 5.41) is 9.36. The molecule has 0 radical (unpaired) electrons. The van der Waals surface area contributed by atoms with Gasteiger partial charge in [-0.05, 0) is 12.1 Å². The number of aromatic nitrogens is 2. The first-order valence-electron chi connectivity index (χ1n) is 4.98. The van der Waals surface area contributed by atoms with Gasteiger partial charge in [0.1, 0.15) is 0 Å². The molecule has 0 atom stereocenters. The van der Waals surface area contributed by atoms with Crippen molar-refractivity contribution in [3.63, 3.8) is 0 Å². The van der Waals surface area contributed by atoms with Crippen LogP contribution >= 0.6 is 34.8 Å². The van der Waals surface area contributed by atoms with Crippen molar-refractivity contribution in [2.75, 3.05) is 5.43 Å². The molecule has 0 unspecified atom stereocenters. The molecule has 0 aliphatic heterocycles. The van der Waals surface area contributed by atoms with E-state index in [0.29, 0.717) is 20.8 Å². The van der Waals surface area contributed by atoms with Crippen LogP contribution in [0.2, 0.25) is 15.1 Å². The number of hydrazone groups is 1. The van der Waals surface area contributed by atoms with Crippen LogP contribution < -0.4 is 5.43 Å². The molecule has 0 spiro atoms. The van der Waals surface area contributed by atoms with Crippen molar-refractivity contribution in [1.29, 1.82) is 0 Å². The Kier molecular flexibility index (Phi) is 4.11. The molecule has 1 aromatic carbocycles. The molecule has 2 aromatic rings. The molecule has 0 saturated carbocycles. The Hall–Kier alpha value is -1.23. The summed E-state index contributed by atoms with van der Waals surface area (Å²) in [7, 11) is 1.83.